The molecule has 156 valence electrons. The SMILES string of the molecule is CC[C@@H](C)NC(=O)CN1CCN(S(=O)(=O)c2ccc3c(c2)OCCCO3)CC1. The minimum atomic E-state index is -3.61. The maximum atomic E-state index is 13.0. The zero-order chi connectivity index (χ0) is 20.1. The first-order valence-electron chi connectivity index (χ1n) is 9.81. The third-order valence-electron chi connectivity index (χ3n) is 5.07. The van der Waals surface area contributed by atoms with Gasteiger partial charge in [0, 0.05) is 44.7 Å². The minimum Gasteiger partial charge on any atom is -0.490 e. The van der Waals surface area contributed by atoms with Crippen molar-refractivity contribution in [1.82, 2.24) is 14.5 Å². The summed E-state index contributed by atoms with van der Waals surface area (Å²) in [4.78, 5) is 14.2. The van der Waals surface area contributed by atoms with Crippen molar-refractivity contribution in [1.29, 1.82) is 0 Å². The maximum absolute atomic E-state index is 13.0. The molecule has 1 aromatic carbocycles. The van der Waals surface area contributed by atoms with Gasteiger partial charge in [-0.3, -0.25) is 9.69 Å². The van der Waals surface area contributed by atoms with Gasteiger partial charge in [-0.2, -0.15) is 4.31 Å². The number of rotatable bonds is 6. The summed E-state index contributed by atoms with van der Waals surface area (Å²) in [5, 5.41) is 2.94. The van der Waals surface area contributed by atoms with Crippen LogP contribution in [0.1, 0.15) is 26.7 Å². The molecule has 0 aromatic heterocycles. The van der Waals surface area contributed by atoms with Crippen LogP contribution in [0.2, 0.25) is 0 Å². The van der Waals surface area contributed by atoms with Gasteiger partial charge in [0.05, 0.1) is 24.7 Å². The maximum Gasteiger partial charge on any atom is 0.243 e. The molecular formula is C19H29N3O5S. The highest BCUT2D eigenvalue weighted by Gasteiger charge is 2.30. The minimum absolute atomic E-state index is 0.0199. The van der Waals surface area contributed by atoms with E-state index in [1.807, 2.05) is 18.7 Å². The van der Waals surface area contributed by atoms with Gasteiger partial charge in [-0.25, -0.2) is 8.42 Å². The first kappa shape index (κ1) is 20.9. The molecule has 0 spiro atoms. The van der Waals surface area contributed by atoms with Crippen LogP contribution in [0.15, 0.2) is 23.1 Å². The van der Waals surface area contributed by atoms with E-state index < -0.39 is 10.0 Å². The van der Waals surface area contributed by atoms with Crippen LogP contribution in [-0.4, -0.2) is 75.5 Å². The molecular weight excluding hydrogens is 382 g/mol. The Bertz CT molecular complexity index is 791. The van der Waals surface area contributed by atoms with Gasteiger partial charge in [0.2, 0.25) is 15.9 Å². The van der Waals surface area contributed by atoms with Gasteiger partial charge in [-0.05, 0) is 25.5 Å². The van der Waals surface area contributed by atoms with Crippen LogP contribution in [0.25, 0.3) is 0 Å². The lowest BCUT2D eigenvalue weighted by Gasteiger charge is -2.33. The van der Waals surface area contributed by atoms with Gasteiger partial charge in [-0.1, -0.05) is 6.92 Å². The van der Waals surface area contributed by atoms with Crippen molar-refractivity contribution in [2.75, 3.05) is 45.9 Å². The number of amides is 1. The second-order valence-corrected chi connectivity index (χ2v) is 9.15. The normalized spacial score (nSPS) is 19.6. The van der Waals surface area contributed by atoms with E-state index >= 15 is 0 Å². The molecule has 0 aliphatic carbocycles. The number of hydrogen-bond donors (Lipinski definition) is 1. The molecule has 0 saturated carbocycles. The van der Waals surface area contributed by atoms with Crippen molar-refractivity contribution in [3.63, 3.8) is 0 Å². The highest BCUT2D eigenvalue weighted by molar-refractivity contribution is 7.89. The average molecular weight is 412 g/mol. The van der Waals surface area contributed by atoms with Crippen LogP contribution in [0, 0.1) is 0 Å². The number of carbonyl (C=O) groups excluding carboxylic acids is 1. The topological polar surface area (TPSA) is 88.2 Å². The molecule has 8 nitrogen and oxygen atoms in total. The Kier molecular flexibility index (Phi) is 6.79. The van der Waals surface area contributed by atoms with Crippen LogP contribution >= 0.6 is 0 Å². The second kappa shape index (κ2) is 9.11. The van der Waals surface area contributed by atoms with Gasteiger partial charge in [0.15, 0.2) is 11.5 Å². The van der Waals surface area contributed by atoms with E-state index in [0.717, 1.165) is 12.8 Å². The number of ether oxygens (including phenoxy) is 2. The highest BCUT2D eigenvalue weighted by Crippen LogP contribution is 2.33. The van der Waals surface area contributed by atoms with Crippen LogP contribution in [0.3, 0.4) is 0 Å². The molecule has 2 aliphatic rings. The summed E-state index contributed by atoms with van der Waals surface area (Å²) in [6.07, 6.45) is 1.65. The zero-order valence-electron chi connectivity index (χ0n) is 16.5. The Morgan fingerprint density at radius 3 is 2.50 bits per heavy atom. The molecule has 1 atom stereocenters. The first-order valence-corrected chi connectivity index (χ1v) is 11.3. The van der Waals surface area contributed by atoms with E-state index in [1.165, 1.54) is 4.31 Å². The molecule has 1 saturated heterocycles. The Labute approximate surface area is 166 Å². The van der Waals surface area contributed by atoms with E-state index in [-0.39, 0.29) is 16.8 Å². The lowest BCUT2D eigenvalue weighted by molar-refractivity contribution is -0.123. The first-order chi connectivity index (χ1) is 13.4. The number of carbonyl (C=O) groups is 1. The van der Waals surface area contributed by atoms with Gasteiger partial charge >= 0.3 is 0 Å². The fourth-order valence-corrected chi connectivity index (χ4v) is 4.64. The Morgan fingerprint density at radius 2 is 1.82 bits per heavy atom. The predicted octanol–water partition coefficient (Wildman–Crippen LogP) is 1.07. The predicted molar refractivity (Wildman–Crippen MR) is 105 cm³/mol. The lowest BCUT2D eigenvalue weighted by Crippen LogP contribution is -2.51. The highest BCUT2D eigenvalue weighted by atomic mass is 32.2. The number of sulfonamides is 1. The molecule has 1 aromatic rings. The average Bonchev–Trinajstić information content (AvgIpc) is 2.93. The Hall–Kier alpha value is -1.84. The Morgan fingerprint density at radius 1 is 1.14 bits per heavy atom. The third kappa shape index (κ3) is 4.95. The molecule has 0 bridgehead atoms. The van der Waals surface area contributed by atoms with Gasteiger partial charge in [-0.15, -0.1) is 0 Å². The fourth-order valence-electron chi connectivity index (χ4n) is 3.21. The quantitative estimate of drug-likeness (QED) is 0.753. The largest absolute Gasteiger partial charge is 0.490 e. The van der Waals surface area contributed by atoms with Crippen molar-refractivity contribution in [3.8, 4) is 11.5 Å². The number of nitrogens with one attached hydrogen (secondary N) is 1. The van der Waals surface area contributed by atoms with Crippen molar-refractivity contribution in [2.24, 2.45) is 0 Å². The van der Waals surface area contributed by atoms with Gasteiger partial charge in [0.1, 0.15) is 0 Å². The van der Waals surface area contributed by atoms with Crippen LogP contribution in [0.5, 0.6) is 11.5 Å². The molecule has 9 heteroatoms. The number of piperazine rings is 1. The van der Waals surface area contributed by atoms with Crippen molar-refractivity contribution >= 4 is 15.9 Å². The molecule has 1 N–H and O–H groups in total. The van der Waals surface area contributed by atoms with Crippen LogP contribution in [0.4, 0.5) is 0 Å². The molecule has 1 amide bonds. The molecule has 0 radical (unpaired) electrons. The standard InChI is InChI=1S/C19H29N3O5S/c1-3-15(2)20-19(23)14-21-7-9-22(10-8-21)28(24,25)16-5-6-17-18(13-16)27-12-4-11-26-17/h5-6,13,15H,3-4,7-12,14H2,1-2H3,(H,20,23)/t15-/m1/s1. The van der Waals surface area contributed by atoms with E-state index in [2.05, 4.69) is 5.32 Å². The van der Waals surface area contributed by atoms with E-state index in [0.29, 0.717) is 57.4 Å². The number of benzene rings is 1. The number of hydrogen-bond acceptors (Lipinski definition) is 6. The molecule has 3 rings (SSSR count). The fraction of sp³-hybridized carbons (Fsp3) is 0.632. The monoisotopic (exact) mass is 411 g/mol. The summed E-state index contributed by atoms with van der Waals surface area (Å²) in [6, 6.07) is 4.91. The van der Waals surface area contributed by atoms with Crippen molar-refractivity contribution < 1.29 is 22.7 Å². The van der Waals surface area contributed by atoms with Crippen molar-refractivity contribution in [3.05, 3.63) is 18.2 Å². The molecule has 2 aliphatic heterocycles. The summed E-state index contributed by atoms with van der Waals surface area (Å²) in [5.41, 5.74) is 0. The summed E-state index contributed by atoms with van der Waals surface area (Å²) >= 11 is 0. The van der Waals surface area contributed by atoms with Crippen LogP contribution in [-0.2, 0) is 14.8 Å². The Balaban J connectivity index is 1.60. The van der Waals surface area contributed by atoms with E-state index in [9.17, 15) is 13.2 Å². The van der Waals surface area contributed by atoms with Gasteiger partial charge in [0.25, 0.3) is 0 Å². The van der Waals surface area contributed by atoms with Gasteiger partial charge < -0.3 is 14.8 Å². The van der Waals surface area contributed by atoms with Crippen LogP contribution < -0.4 is 14.8 Å². The molecule has 1 fully saturated rings. The zero-order valence-corrected chi connectivity index (χ0v) is 17.3. The molecule has 28 heavy (non-hydrogen) atoms. The van der Waals surface area contributed by atoms with E-state index in [4.69, 9.17) is 9.47 Å². The third-order valence-corrected chi connectivity index (χ3v) is 6.97. The summed E-state index contributed by atoms with van der Waals surface area (Å²) < 4.78 is 38.7. The molecule has 0 unspecified atom stereocenters. The second-order valence-electron chi connectivity index (χ2n) is 7.22. The van der Waals surface area contributed by atoms with Crippen molar-refractivity contribution in [2.45, 2.75) is 37.6 Å². The lowest BCUT2D eigenvalue weighted by atomic mass is 10.2. The summed E-state index contributed by atoms with van der Waals surface area (Å²) in [7, 11) is -3.61. The summed E-state index contributed by atoms with van der Waals surface area (Å²) in [5.74, 6) is 1.03. The molecule has 2 heterocycles. The smallest absolute Gasteiger partial charge is 0.243 e. The number of fused-ring (bicyclic) bond motifs is 1. The van der Waals surface area contributed by atoms with E-state index in [1.54, 1.807) is 18.2 Å². The summed E-state index contributed by atoms with van der Waals surface area (Å²) in [6.45, 7) is 7.11. The number of nitrogens with zero attached hydrogens (tertiary/aromatic N) is 2.